The van der Waals surface area contributed by atoms with Gasteiger partial charge < -0.3 is 25.6 Å². The Balaban J connectivity index is 1.48. The first-order chi connectivity index (χ1) is 20.3. The van der Waals surface area contributed by atoms with E-state index >= 15 is 0 Å². The van der Waals surface area contributed by atoms with E-state index in [-0.39, 0.29) is 43.2 Å². The van der Waals surface area contributed by atoms with Gasteiger partial charge in [-0.1, -0.05) is 30.3 Å². The normalized spacial score (nSPS) is 18.9. The van der Waals surface area contributed by atoms with Crippen molar-refractivity contribution < 1.29 is 32.3 Å². The van der Waals surface area contributed by atoms with Crippen LogP contribution in [0.15, 0.2) is 35.3 Å². The molecule has 1 aromatic carbocycles. The molecule has 0 saturated carbocycles. The molecule has 0 spiro atoms. The van der Waals surface area contributed by atoms with Crippen molar-refractivity contribution in [1.82, 2.24) is 19.8 Å². The molecule has 0 unspecified atom stereocenters. The second kappa shape index (κ2) is 15.8. The number of piperidine rings is 1. The maximum atomic E-state index is 13.5. The number of likely N-dealkylation sites (tertiary alicyclic amines) is 2. The van der Waals surface area contributed by atoms with E-state index in [1.54, 1.807) is 13.8 Å². The highest BCUT2D eigenvalue weighted by molar-refractivity contribution is 7.88. The molecule has 14 heteroatoms. The maximum Gasteiger partial charge on any atom is 0.306 e. The zero-order valence-corrected chi connectivity index (χ0v) is 26.0. The summed E-state index contributed by atoms with van der Waals surface area (Å²) in [5.74, 6) is -1.32. The number of carbonyl (C=O) groups is 4. The monoisotopic (exact) mass is 620 g/mol. The molecule has 2 atom stereocenters. The average Bonchev–Trinajstić information content (AvgIpc) is 3.44. The Kier molecular flexibility index (Phi) is 12.5. The molecule has 4 N–H and O–H groups in total. The molecule has 0 radical (unpaired) electrons. The molecule has 1 aromatic rings. The predicted octanol–water partition coefficient (Wildman–Crippen LogP) is 0.539. The molecular weight excluding hydrogens is 576 g/mol. The van der Waals surface area contributed by atoms with E-state index < -0.39 is 39.9 Å². The number of hydrogen-bond acceptors (Lipinski definition) is 7. The number of aliphatic imine (C=N–C) groups is 1. The van der Waals surface area contributed by atoms with Crippen LogP contribution in [0, 0.1) is 5.92 Å². The molecule has 238 valence electrons. The van der Waals surface area contributed by atoms with Crippen molar-refractivity contribution in [3.63, 3.8) is 0 Å². The minimum atomic E-state index is -3.67. The van der Waals surface area contributed by atoms with Crippen molar-refractivity contribution in [2.75, 3.05) is 32.4 Å². The summed E-state index contributed by atoms with van der Waals surface area (Å²) >= 11 is 0. The molecule has 0 bridgehead atoms. The molecule has 2 fully saturated rings. The summed E-state index contributed by atoms with van der Waals surface area (Å²) in [5.41, 5.74) is 6.84. The first-order valence-electron chi connectivity index (χ1n) is 14.7. The Bertz CT molecular complexity index is 1260. The van der Waals surface area contributed by atoms with E-state index in [0.717, 1.165) is 24.7 Å². The van der Waals surface area contributed by atoms with Crippen LogP contribution < -0.4 is 15.8 Å². The van der Waals surface area contributed by atoms with Crippen molar-refractivity contribution in [3.05, 3.63) is 35.9 Å². The van der Waals surface area contributed by atoms with Crippen molar-refractivity contribution in [2.24, 2.45) is 16.6 Å². The summed E-state index contributed by atoms with van der Waals surface area (Å²) in [6.45, 7) is 5.40. The summed E-state index contributed by atoms with van der Waals surface area (Å²) < 4.78 is 31.5. The highest BCUT2D eigenvalue weighted by atomic mass is 32.2. The lowest BCUT2D eigenvalue weighted by Gasteiger charge is -2.33. The second-order valence-corrected chi connectivity index (χ2v) is 13.2. The average molecular weight is 621 g/mol. The Morgan fingerprint density at radius 2 is 1.72 bits per heavy atom. The van der Waals surface area contributed by atoms with Crippen LogP contribution in [0.1, 0.15) is 57.9 Å². The molecule has 2 aliphatic heterocycles. The highest BCUT2D eigenvalue weighted by Crippen LogP contribution is 2.21. The number of sulfonamides is 1. The minimum Gasteiger partial charge on any atom is -0.463 e. The van der Waals surface area contributed by atoms with E-state index in [4.69, 9.17) is 10.5 Å². The molecule has 3 rings (SSSR count). The third-order valence-electron chi connectivity index (χ3n) is 7.43. The fourth-order valence-electron chi connectivity index (χ4n) is 5.30. The smallest absolute Gasteiger partial charge is 0.306 e. The molecule has 13 nitrogen and oxygen atoms in total. The predicted molar refractivity (Wildman–Crippen MR) is 161 cm³/mol. The maximum absolute atomic E-state index is 13.5. The van der Waals surface area contributed by atoms with Crippen LogP contribution in [0.4, 0.5) is 0 Å². The molecule has 0 aromatic heterocycles. The highest BCUT2D eigenvalue weighted by Gasteiger charge is 2.38. The topological polar surface area (TPSA) is 181 Å². The van der Waals surface area contributed by atoms with Crippen LogP contribution in [-0.4, -0.2) is 98.5 Å². The number of guanidine groups is 1. The largest absolute Gasteiger partial charge is 0.463 e. The van der Waals surface area contributed by atoms with Gasteiger partial charge in [-0.3, -0.25) is 19.2 Å². The van der Waals surface area contributed by atoms with Gasteiger partial charge in [0.1, 0.15) is 12.1 Å². The van der Waals surface area contributed by atoms with Gasteiger partial charge in [0.25, 0.3) is 0 Å². The lowest BCUT2D eigenvalue weighted by molar-refractivity contribution is -0.148. The quantitative estimate of drug-likeness (QED) is 0.171. The van der Waals surface area contributed by atoms with Gasteiger partial charge in [-0.2, -0.15) is 4.99 Å². The number of hydrogen-bond donors (Lipinski definition) is 3. The number of esters is 1. The SMILES string of the molecule is CC(C)OC(=O)CCC(=O)/N=C(/N)N1CCC(CNC(=O)[C@@H]2CCCN2C(=O)[C@@H](Cc2ccccc2)NS(C)(=O)=O)CC1. The van der Waals surface area contributed by atoms with Crippen LogP contribution >= 0.6 is 0 Å². The van der Waals surface area contributed by atoms with Crippen molar-refractivity contribution in [1.29, 1.82) is 0 Å². The van der Waals surface area contributed by atoms with Crippen LogP contribution in [0.5, 0.6) is 0 Å². The second-order valence-electron chi connectivity index (χ2n) is 11.4. The lowest BCUT2D eigenvalue weighted by Crippen LogP contribution is -2.54. The number of nitrogens with one attached hydrogen (secondary N) is 2. The number of ether oxygens (including phenoxy) is 1. The Morgan fingerprint density at radius 3 is 2.35 bits per heavy atom. The molecular formula is C29H44N6O7S. The van der Waals surface area contributed by atoms with Gasteiger partial charge in [0.2, 0.25) is 27.7 Å². The Hall–Kier alpha value is -3.52. The van der Waals surface area contributed by atoms with Gasteiger partial charge in [-0.15, -0.1) is 0 Å². The number of carbonyl (C=O) groups excluding carboxylic acids is 4. The zero-order chi connectivity index (χ0) is 31.6. The van der Waals surface area contributed by atoms with Gasteiger partial charge in [-0.25, -0.2) is 13.1 Å². The van der Waals surface area contributed by atoms with Crippen LogP contribution in [-0.2, 0) is 40.4 Å². The third kappa shape index (κ3) is 11.2. The summed E-state index contributed by atoms with van der Waals surface area (Å²) in [6.07, 6.45) is 3.41. The molecule has 2 heterocycles. The molecule has 43 heavy (non-hydrogen) atoms. The van der Waals surface area contributed by atoms with Gasteiger partial charge in [-0.05, 0) is 57.4 Å². The summed E-state index contributed by atoms with van der Waals surface area (Å²) in [7, 11) is -3.67. The van der Waals surface area contributed by atoms with Gasteiger partial charge >= 0.3 is 5.97 Å². The van der Waals surface area contributed by atoms with E-state index in [0.29, 0.717) is 39.0 Å². The van der Waals surface area contributed by atoms with E-state index in [1.807, 2.05) is 35.2 Å². The summed E-state index contributed by atoms with van der Waals surface area (Å²) in [6, 6.07) is 7.46. The third-order valence-corrected chi connectivity index (χ3v) is 8.14. The number of benzene rings is 1. The minimum absolute atomic E-state index is 0.0541. The fraction of sp³-hybridized carbons (Fsp3) is 0.621. The summed E-state index contributed by atoms with van der Waals surface area (Å²) in [4.78, 5) is 57.6. The van der Waals surface area contributed by atoms with Crippen LogP contribution in [0.2, 0.25) is 0 Å². The lowest BCUT2D eigenvalue weighted by atomic mass is 9.97. The number of nitrogens with two attached hydrogens (primary N) is 1. The molecule has 2 saturated heterocycles. The van der Waals surface area contributed by atoms with Crippen molar-refractivity contribution in [2.45, 2.75) is 77.0 Å². The number of nitrogens with zero attached hydrogens (tertiary/aromatic N) is 3. The number of amides is 3. The Morgan fingerprint density at radius 1 is 1.05 bits per heavy atom. The molecule has 2 aliphatic rings. The van der Waals surface area contributed by atoms with Crippen LogP contribution in [0.3, 0.4) is 0 Å². The standard InChI is InChI=1S/C29H44N6O7S/c1-20(2)42-26(37)12-11-25(36)32-29(30)34-16-13-22(14-17-34)19-31-27(38)24-10-7-15-35(24)28(39)23(33-43(3,40)41)18-21-8-5-4-6-9-21/h4-6,8-9,20,22-24,33H,7,10-19H2,1-3H3,(H,31,38)(H2,30,32,36)/t23-,24+/m1/s1. The van der Waals surface area contributed by atoms with Crippen molar-refractivity contribution >= 4 is 39.7 Å². The van der Waals surface area contributed by atoms with Crippen LogP contribution in [0.25, 0.3) is 0 Å². The van der Waals surface area contributed by atoms with Gasteiger partial charge in [0.15, 0.2) is 5.96 Å². The van der Waals surface area contributed by atoms with Crippen molar-refractivity contribution in [3.8, 4) is 0 Å². The van der Waals surface area contributed by atoms with Gasteiger partial charge in [0, 0.05) is 32.6 Å². The molecule has 0 aliphatic carbocycles. The Labute approximate surface area is 253 Å². The first-order valence-corrected chi connectivity index (χ1v) is 16.6. The van der Waals surface area contributed by atoms with E-state index in [1.165, 1.54) is 4.90 Å². The number of rotatable bonds is 12. The first kappa shape index (κ1) is 34.0. The summed E-state index contributed by atoms with van der Waals surface area (Å²) in [5, 5.41) is 2.98. The van der Waals surface area contributed by atoms with Gasteiger partial charge in [0.05, 0.1) is 18.8 Å². The zero-order valence-electron chi connectivity index (χ0n) is 25.2. The van der Waals surface area contributed by atoms with E-state index in [2.05, 4.69) is 15.0 Å². The molecule has 3 amide bonds. The fourth-order valence-corrected chi connectivity index (χ4v) is 6.01. The van der Waals surface area contributed by atoms with E-state index in [9.17, 15) is 27.6 Å².